The van der Waals surface area contributed by atoms with Gasteiger partial charge < -0.3 is 16.4 Å². The summed E-state index contributed by atoms with van der Waals surface area (Å²) in [6.07, 6.45) is 2.51. The predicted octanol–water partition coefficient (Wildman–Crippen LogP) is 1.76. The Morgan fingerprint density at radius 2 is 2.05 bits per heavy atom. The van der Waals surface area contributed by atoms with Gasteiger partial charge in [-0.05, 0) is 46.7 Å². The largest absolute Gasteiger partial charge is 0.382 e. The van der Waals surface area contributed by atoms with Gasteiger partial charge in [-0.2, -0.15) is 0 Å². The van der Waals surface area contributed by atoms with E-state index in [-0.39, 0.29) is 11.9 Å². The second-order valence-corrected chi connectivity index (χ2v) is 6.83. The van der Waals surface area contributed by atoms with Crippen LogP contribution in [0.25, 0.3) is 0 Å². The second-order valence-electron chi connectivity index (χ2n) is 5.83. The molecule has 0 radical (unpaired) electrons. The highest BCUT2D eigenvalue weighted by molar-refractivity contribution is 7.18. The molecular formula is C14H25N5OS. The van der Waals surface area contributed by atoms with Gasteiger partial charge in [-0.3, -0.25) is 9.69 Å². The third kappa shape index (κ3) is 4.31. The Morgan fingerprint density at radius 3 is 2.67 bits per heavy atom. The Bertz CT molecular complexity index is 482. The Morgan fingerprint density at radius 1 is 1.38 bits per heavy atom. The van der Waals surface area contributed by atoms with E-state index in [0.29, 0.717) is 28.4 Å². The highest BCUT2D eigenvalue weighted by Crippen LogP contribution is 2.25. The maximum Gasteiger partial charge on any atom is 0.265 e. The van der Waals surface area contributed by atoms with Gasteiger partial charge in [0.05, 0.1) is 0 Å². The molecule has 2 rings (SSSR count). The number of anilines is 2. The molecule has 0 spiro atoms. The molecule has 0 aromatic carbocycles. The Hall–Kier alpha value is -1.34. The molecule has 1 saturated heterocycles. The van der Waals surface area contributed by atoms with E-state index in [1.54, 1.807) is 0 Å². The van der Waals surface area contributed by atoms with E-state index in [4.69, 9.17) is 5.73 Å². The van der Waals surface area contributed by atoms with Crippen LogP contribution in [0.4, 0.5) is 10.9 Å². The molecule has 4 N–H and O–H groups in total. The number of hydrogen-bond acceptors (Lipinski definition) is 6. The van der Waals surface area contributed by atoms with Crippen molar-refractivity contribution in [3.05, 3.63) is 4.88 Å². The molecule has 0 bridgehead atoms. The third-order valence-electron chi connectivity index (χ3n) is 3.59. The number of hydrogen-bond donors (Lipinski definition) is 3. The van der Waals surface area contributed by atoms with Crippen molar-refractivity contribution in [3.63, 3.8) is 0 Å². The van der Waals surface area contributed by atoms with Crippen LogP contribution in [-0.4, -0.2) is 47.5 Å². The van der Waals surface area contributed by atoms with E-state index in [0.717, 1.165) is 13.1 Å². The molecule has 1 fully saturated rings. The van der Waals surface area contributed by atoms with Crippen molar-refractivity contribution >= 4 is 28.2 Å². The molecule has 1 unspecified atom stereocenters. The van der Waals surface area contributed by atoms with Crippen LogP contribution in [0.2, 0.25) is 0 Å². The first-order valence-corrected chi connectivity index (χ1v) is 8.34. The maximum absolute atomic E-state index is 12.2. The highest BCUT2D eigenvalue weighted by atomic mass is 32.1. The molecule has 2 heterocycles. The number of carbonyl (C=O) groups excluding carboxylic acids is 1. The lowest BCUT2D eigenvalue weighted by molar-refractivity contribution is 0.0945. The Balaban J connectivity index is 1.89. The van der Waals surface area contributed by atoms with Gasteiger partial charge in [-0.15, -0.1) is 0 Å². The van der Waals surface area contributed by atoms with Crippen molar-refractivity contribution < 1.29 is 4.79 Å². The number of thiazole rings is 1. The van der Waals surface area contributed by atoms with Crippen molar-refractivity contribution in [1.82, 2.24) is 15.2 Å². The zero-order valence-corrected chi connectivity index (χ0v) is 13.8. The van der Waals surface area contributed by atoms with Gasteiger partial charge >= 0.3 is 0 Å². The molecule has 1 aliphatic heterocycles. The van der Waals surface area contributed by atoms with Gasteiger partial charge in [-0.25, -0.2) is 4.98 Å². The van der Waals surface area contributed by atoms with Crippen molar-refractivity contribution in [3.8, 4) is 0 Å². The molecule has 6 nitrogen and oxygen atoms in total. The number of nitrogens with two attached hydrogens (primary N) is 1. The van der Waals surface area contributed by atoms with Crippen molar-refractivity contribution in [2.45, 2.75) is 45.7 Å². The van der Waals surface area contributed by atoms with E-state index in [9.17, 15) is 4.79 Å². The summed E-state index contributed by atoms with van der Waals surface area (Å²) in [5.74, 6) is 0.169. The van der Waals surface area contributed by atoms with Crippen LogP contribution in [-0.2, 0) is 0 Å². The van der Waals surface area contributed by atoms with E-state index >= 15 is 0 Å². The molecule has 1 aliphatic rings. The molecule has 1 aromatic heterocycles. The number of aromatic nitrogens is 1. The first-order chi connectivity index (χ1) is 9.97. The standard InChI is InChI=1S/C14H25N5OS/c1-9(2)17-14-18-12(15)11(21-14)13(20)16-8-10(3)19-6-4-5-7-19/h9-10H,4-8,15H2,1-3H3,(H,16,20)(H,17,18). The second kappa shape index (κ2) is 7.09. The van der Waals surface area contributed by atoms with Gasteiger partial charge in [-0.1, -0.05) is 11.3 Å². The zero-order chi connectivity index (χ0) is 15.4. The summed E-state index contributed by atoms with van der Waals surface area (Å²) < 4.78 is 0. The van der Waals surface area contributed by atoms with Gasteiger partial charge in [0, 0.05) is 18.6 Å². The third-order valence-corrected chi connectivity index (χ3v) is 4.59. The number of rotatable bonds is 6. The molecule has 0 saturated carbocycles. The first-order valence-electron chi connectivity index (χ1n) is 7.52. The van der Waals surface area contributed by atoms with E-state index in [2.05, 4.69) is 27.4 Å². The van der Waals surface area contributed by atoms with Gasteiger partial charge in [0.25, 0.3) is 5.91 Å². The Kier molecular flexibility index (Phi) is 5.41. The van der Waals surface area contributed by atoms with Crippen molar-refractivity contribution in [2.75, 3.05) is 30.7 Å². The van der Waals surface area contributed by atoms with E-state index < -0.39 is 0 Å². The van der Waals surface area contributed by atoms with Crippen LogP contribution in [0.5, 0.6) is 0 Å². The molecule has 7 heteroatoms. The van der Waals surface area contributed by atoms with Crippen molar-refractivity contribution in [2.24, 2.45) is 0 Å². The van der Waals surface area contributed by atoms with E-state index in [1.807, 2.05) is 13.8 Å². The summed E-state index contributed by atoms with van der Waals surface area (Å²) in [4.78, 5) is 19.3. The Labute approximate surface area is 130 Å². The number of nitrogen functional groups attached to an aromatic ring is 1. The first kappa shape index (κ1) is 16.0. The minimum Gasteiger partial charge on any atom is -0.382 e. The summed E-state index contributed by atoms with van der Waals surface area (Å²) in [6.45, 7) is 9.09. The fourth-order valence-corrected chi connectivity index (χ4v) is 3.38. The lowest BCUT2D eigenvalue weighted by Gasteiger charge is -2.23. The minimum absolute atomic E-state index is 0.132. The van der Waals surface area contributed by atoms with Crippen LogP contribution in [0, 0.1) is 0 Å². The summed E-state index contributed by atoms with van der Waals surface area (Å²) in [5, 5.41) is 6.83. The number of likely N-dealkylation sites (tertiary alicyclic amines) is 1. The number of nitrogens with zero attached hydrogens (tertiary/aromatic N) is 2. The maximum atomic E-state index is 12.2. The fourth-order valence-electron chi connectivity index (χ4n) is 2.44. The quantitative estimate of drug-likeness (QED) is 0.745. The summed E-state index contributed by atoms with van der Waals surface area (Å²) >= 11 is 1.31. The van der Waals surface area contributed by atoms with Gasteiger partial charge in [0.15, 0.2) is 5.13 Å². The average molecular weight is 311 g/mol. The fraction of sp³-hybridized carbons (Fsp3) is 0.714. The minimum atomic E-state index is -0.132. The highest BCUT2D eigenvalue weighted by Gasteiger charge is 2.20. The summed E-state index contributed by atoms with van der Waals surface area (Å²) in [5.41, 5.74) is 5.83. The van der Waals surface area contributed by atoms with Gasteiger partial charge in [0.1, 0.15) is 10.7 Å². The number of nitrogens with one attached hydrogen (secondary N) is 2. The van der Waals surface area contributed by atoms with Crippen LogP contribution >= 0.6 is 11.3 Å². The monoisotopic (exact) mass is 311 g/mol. The molecule has 1 amide bonds. The van der Waals surface area contributed by atoms with Crippen LogP contribution < -0.4 is 16.4 Å². The van der Waals surface area contributed by atoms with Crippen LogP contribution in [0.3, 0.4) is 0 Å². The van der Waals surface area contributed by atoms with Crippen molar-refractivity contribution in [1.29, 1.82) is 0 Å². The lowest BCUT2D eigenvalue weighted by atomic mass is 10.3. The molecule has 1 atom stereocenters. The van der Waals surface area contributed by atoms with Crippen LogP contribution in [0.15, 0.2) is 0 Å². The smallest absolute Gasteiger partial charge is 0.265 e. The molecule has 1 aromatic rings. The molecule has 118 valence electrons. The molecule has 21 heavy (non-hydrogen) atoms. The molecular weight excluding hydrogens is 286 g/mol. The van der Waals surface area contributed by atoms with Gasteiger partial charge in [0.2, 0.25) is 0 Å². The lowest BCUT2D eigenvalue weighted by Crippen LogP contribution is -2.40. The van der Waals surface area contributed by atoms with E-state index in [1.165, 1.54) is 24.2 Å². The zero-order valence-electron chi connectivity index (χ0n) is 13.0. The topological polar surface area (TPSA) is 83.3 Å². The molecule has 0 aliphatic carbocycles. The number of carbonyl (C=O) groups is 1. The predicted molar refractivity (Wildman–Crippen MR) is 87.9 cm³/mol. The number of amides is 1. The van der Waals surface area contributed by atoms with Crippen LogP contribution in [0.1, 0.15) is 43.3 Å². The SMILES string of the molecule is CC(C)Nc1nc(N)c(C(=O)NCC(C)N2CCCC2)s1. The normalized spacial score (nSPS) is 17.1. The summed E-state index contributed by atoms with van der Waals surface area (Å²) in [6, 6.07) is 0.625. The average Bonchev–Trinajstić information content (AvgIpc) is 3.04. The summed E-state index contributed by atoms with van der Waals surface area (Å²) in [7, 11) is 0.